The zero-order valence-electron chi connectivity index (χ0n) is 16.1. The Balaban J connectivity index is 3.50. The average Bonchev–Trinajstić information content (AvgIpc) is 2.55. The van der Waals surface area contributed by atoms with Gasteiger partial charge in [0.2, 0.25) is 0 Å². The van der Waals surface area contributed by atoms with Crippen LogP contribution in [0.4, 0.5) is 0 Å². The standard InChI is InChI=1S/C20H38O4/c1-4-5-6-7-8-9-10-11-12-13-14-15-16-19(24-18(2)21)17-20(22)23-3/h19H,4-17H2,1-3H3/t19-/m1/s1. The number of ether oxygens (including phenoxy) is 2. The molecule has 0 saturated carbocycles. The number of carbonyl (C=O) groups excluding carboxylic acids is 2. The molecule has 0 aliphatic heterocycles. The molecule has 1 atom stereocenters. The highest BCUT2D eigenvalue weighted by molar-refractivity contribution is 5.71. The quantitative estimate of drug-likeness (QED) is 0.272. The zero-order chi connectivity index (χ0) is 18.0. The summed E-state index contributed by atoms with van der Waals surface area (Å²) in [6, 6.07) is 0. The van der Waals surface area contributed by atoms with Crippen molar-refractivity contribution in [3.05, 3.63) is 0 Å². The Bertz CT molecular complexity index is 315. The van der Waals surface area contributed by atoms with Gasteiger partial charge in [0.1, 0.15) is 6.10 Å². The van der Waals surface area contributed by atoms with Gasteiger partial charge in [-0.1, -0.05) is 77.6 Å². The van der Waals surface area contributed by atoms with Gasteiger partial charge in [-0.2, -0.15) is 0 Å². The van der Waals surface area contributed by atoms with Crippen molar-refractivity contribution in [3.63, 3.8) is 0 Å². The van der Waals surface area contributed by atoms with Crippen LogP contribution in [0.1, 0.15) is 104 Å². The number of hydrogen-bond acceptors (Lipinski definition) is 4. The number of methoxy groups -OCH3 is 1. The van der Waals surface area contributed by atoms with Crippen LogP contribution in [0.2, 0.25) is 0 Å². The largest absolute Gasteiger partial charge is 0.469 e. The van der Waals surface area contributed by atoms with Crippen LogP contribution >= 0.6 is 0 Å². The molecule has 4 heteroatoms. The predicted octanol–water partition coefficient (Wildman–Crippen LogP) is 5.57. The highest BCUT2D eigenvalue weighted by Gasteiger charge is 2.16. The normalized spacial score (nSPS) is 12.0. The van der Waals surface area contributed by atoms with E-state index < -0.39 is 0 Å². The van der Waals surface area contributed by atoms with Gasteiger partial charge < -0.3 is 9.47 Å². The molecule has 24 heavy (non-hydrogen) atoms. The summed E-state index contributed by atoms with van der Waals surface area (Å²) >= 11 is 0. The zero-order valence-corrected chi connectivity index (χ0v) is 16.1. The third-order valence-corrected chi connectivity index (χ3v) is 4.33. The molecule has 4 nitrogen and oxygen atoms in total. The summed E-state index contributed by atoms with van der Waals surface area (Å²) in [6.07, 6.45) is 16.1. The molecule has 0 radical (unpaired) electrons. The summed E-state index contributed by atoms with van der Waals surface area (Å²) in [5.41, 5.74) is 0. The van der Waals surface area contributed by atoms with Crippen molar-refractivity contribution in [2.24, 2.45) is 0 Å². The summed E-state index contributed by atoms with van der Waals surface area (Å²) in [5, 5.41) is 0. The SMILES string of the molecule is CCCCCCCCCCCCCC[C@H](CC(=O)OC)OC(C)=O. The lowest BCUT2D eigenvalue weighted by Gasteiger charge is -2.15. The fraction of sp³-hybridized carbons (Fsp3) is 0.900. The smallest absolute Gasteiger partial charge is 0.309 e. The molecule has 0 aliphatic carbocycles. The molecule has 0 rings (SSSR count). The van der Waals surface area contributed by atoms with E-state index in [0.29, 0.717) is 0 Å². The molecule has 0 aromatic heterocycles. The molecule has 0 aromatic rings. The van der Waals surface area contributed by atoms with E-state index in [-0.39, 0.29) is 24.5 Å². The van der Waals surface area contributed by atoms with Crippen LogP contribution in [0.5, 0.6) is 0 Å². The van der Waals surface area contributed by atoms with Crippen molar-refractivity contribution in [1.29, 1.82) is 0 Å². The van der Waals surface area contributed by atoms with Crippen molar-refractivity contribution in [3.8, 4) is 0 Å². The van der Waals surface area contributed by atoms with Gasteiger partial charge >= 0.3 is 11.9 Å². The first-order valence-electron chi connectivity index (χ1n) is 9.84. The van der Waals surface area contributed by atoms with Gasteiger partial charge in [-0.15, -0.1) is 0 Å². The van der Waals surface area contributed by atoms with Crippen molar-refractivity contribution in [2.45, 2.75) is 110 Å². The Labute approximate surface area is 148 Å². The lowest BCUT2D eigenvalue weighted by Crippen LogP contribution is -2.21. The van der Waals surface area contributed by atoms with Crippen molar-refractivity contribution >= 4 is 11.9 Å². The molecule has 0 heterocycles. The van der Waals surface area contributed by atoms with E-state index in [4.69, 9.17) is 4.74 Å². The Morgan fingerprint density at radius 2 is 1.25 bits per heavy atom. The van der Waals surface area contributed by atoms with Gasteiger partial charge in [-0.3, -0.25) is 9.59 Å². The van der Waals surface area contributed by atoms with Gasteiger partial charge in [-0.25, -0.2) is 0 Å². The van der Waals surface area contributed by atoms with Crippen LogP contribution in [0.25, 0.3) is 0 Å². The molecule has 0 unspecified atom stereocenters. The van der Waals surface area contributed by atoms with Crippen molar-refractivity contribution in [1.82, 2.24) is 0 Å². The molecular weight excluding hydrogens is 304 g/mol. The molecule has 0 N–H and O–H groups in total. The van der Waals surface area contributed by atoms with Crippen LogP contribution < -0.4 is 0 Å². The van der Waals surface area contributed by atoms with E-state index in [1.165, 1.54) is 78.2 Å². The minimum Gasteiger partial charge on any atom is -0.469 e. The Kier molecular flexibility index (Phi) is 16.0. The van der Waals surface area contributed by atoms with Crippen LogP contribution in [-0.4, -0.2) is 25.2 Å². The predicted molar refractivity (Wildman–Crippen MR) is 97.9 cm³/mol. The second-order valence-electron chi connectivity index (χ2n) is 6.69. The lowest BCUT2D eigenvalue weighted by molar-refractivity contribution is -0.152. The number of unbranched alkanes of at least 4 members (excludes halogenated alkanes) is 11. The van der Waals surface area contributed by atoms with E-state index in [1.54, 1.807) is 0 Å². The third kappa shape index (κ3) is 15.8. The molecule has 0 fully saturated rings. The summed E-state index contributed by atoms with van der Waals surface area (Å²) in [5.74, 6) is -0.650. The Hall–Kier alpha value is -1.06. The Morgan fingerprint density at radius 1 is 0.792 bits per heavy atom. The number of hydrogen-bond donors (Lipinski definition) is 0. The van der Waals surface area contributed by atoms with Crippen LogP contribution in [0, 0.1) is 0 Å². The summed E-state index contributed by atoms with van der Waals surface area (Å²) in [6.45, 7) is 3.64. The molecule has 0 aliphatic rings. The summed E-state index contributed by atoms with van der Waals surface area (Å²) < 4.78 is 9.83. The minimum absolute atomic E-state index is 0.161. The maximum atomic E-state index is 11.3. The number of esters is 2. The van der Waals surface area contributed by atoms with Gasteiger partial charge in [0.05, 0.1) is 13.5 Å². The fourth-order valence-corrected chi connectivity index (χ4v) is 2.92. The maximum Gasteiger partial charge on any atom is 0.309 e. The molecule has 142 valence electrons. The first-order valence-corrected chi connectivity index (χ1v) is 9.84. The van der Waals surface area contributed by atoms with E-state index in [1.807, 2.05) is 0 Å². The lowest BCUT2D eigenvalue weighted by atomic mass is 10.0. The van der Waals surface area contributed by atoms with E-state index >= 15 is 0 Å². The second kappa shape index (κ2) is 16.8. The second-order valence-corrected chi connectivity index (χ2v) is 6.69. The van der Waals surface area contributed by atoms with Crippen molar-refractivity contribution in [2.75, 3.05) is 7.11 Å². The molecular formula is C20H38O4. The fourth-order valence-electron chi connectivity index (χ4n) is 2.92. The highest BCUT2D eigenvalue weighted by atomic mass is 16.6. The molecule has 0 spiro atoms. The van der Waals surface area contributed by atoms with E-state index in [2.05, 4.69) is 11.7 Å². The molecule has 0 saturated heterocycles. The van der Waals surface area contributed by atoms with E-state index in [0.717, 1.165) is 19.3 Å². The highest BCUT2D eigenvalue weighted by Crippen LogP contribution is 2.15. The molecule has 0 aromatic carbocycles. The summed E-state index contributed by atoms with van der Waals surface area (Å²) in [4.78, 5) is 22.4. The first kappa shape index (κ1) is 22.9. The number of rotatable bonds is 16. The minimum atomic E-state index is -0.335. The van der Waals surface area contributed by atoms with Gasteiger partial charge in [-0.05, 0) is 12.8 Å². The van der Waals surface area contributed by atoms with Crippen LogP contribution in [0.3, 0.4) is 0 Å². The molecule has 0 bridgehead atoms. The number of carbonyl (C=O) groups is 2. The van der Waals surface area contributed by atoms with Gasteiger partial charge in [0.15, 0.2) is 0 Å². The maximum absolute atomic E-state index is 11.3. The van der Waals surface area contributed by atoms with Crippen LogP contribution in [0.15, 0.2) is 0 Å². The third-order valence-electron chi connectivity index (χ3n) is 4.33. The average molecular weight is 343 g/mol. The van der Waals surface area contributed by atoms with Gasteiger partial charge in [0.25, 0.3) is 0 Å². The van der Waals surface area contributed by atoms with Crippen molar-refractivity contribution < 1.29 is 19.1 Å². The summed E-state index contributed by atoms with van der Waals surface area (Å²) in [7, 11) is 1.36. The monoisotopic (exact) mass is 342 g/mol. The Morgan fingerprint density at radius 3 is 1.67 bits per heavy atom. The van der Waals surface area contributed by atoms with Crippen LogP contribution in [-0.2, 0) is 19.1 Å². The molecule has 0 amide bonds. The van der Waals surface area contributed by atoms with Gasteiger partial charge in [0, 0.05) is 6.92 Å². The van der Waals surface area contributed by atoms with E-state index in [9.17, 15) is 9.59 Å². The first-order chi connectivity index (χ1) is 11.6. The topological polar surface area (TPSA) is 52.6 Å².